The highest BCUT2D eigenvalue weighted by Crippen LogP contribution is 2.45. The highest BCUT2D eigenvalue weighted by Gasteiger charge is 2.29. The number of carbonyl (C=O) groups is 2. The zero-order valence-electron chi connectivity index (χ0n) is 15.4. The Morgan fingerprint density at radius 1 is 1.07 bits per heavy atom. The van der Waals surface area contributed by atoms with Gasteiger partial charge in [-0.15, -0.1) is 23.1 Å². The maximum atomic E-state index is 12.6. The van der Waals surface area contributed by atoms with Gasteiger partial charge in [-0.1, -0.05) is 42.5 Å². The second kappa shape index (κ2) is 8.20. The summed E-state index contributed by atoms with van der Waals surface area (Å²) in [6.07, 6.45) is 1.79. The molecule has 2 aromatic carbocycles. The molecule has 1 amide bonds. The van der Waals surface area contributed by atoms with Crippen molar-refractivity contribution in [1.29, 1.82) is 0 Å². The van der Waals surface area contributed by atoms with Gasteiger partial charge in [0, 0.05) is 15.3 Å². The number of thiophene rings is 1. The standard InChI is InChI=1S/C22H19NO3S2/c1-26-22(25)20-19-16-10-6-5-7-14(16)11-12-17(19)28-21(20)23-18(24)13-27-15-8-3-2-4-9-15/h2-10H,11-13H2,1H3,(H,23,24). The summed E-state index contributed by atoms with van der Waals surface area (Å²) >= 11 is 2.94. The molecule has 1 N–H and O–H groups in total. The van der Waals surface area contributed by atoms with E-state index >= 15 is 0 Å². The average molecular weight is 410 g/mol. The van der Waals surface area contributed by atoms with E-state index in [9.17, 15) is 9.59 Å². The second-order valence-electron chi connectivity index (χ2n) is 6.40. The molecule has 0 spiro atoms. The minimum absolute atomic E-state index is 0.133. The van der Waals surface area contributed by atoms with E-state index in [1.54, 1.807) is 0 Å². The van der Waals surface area contributed by atoms with E-state index in [2.05, 4.69) is 11.4 Å². The number of fused-ring (bicyclic) bond motifs is 3. The number of anilines is 1. The number of amides is 1. The molecule has 4 nitrogen and oxygen atoms in total. The normalized spacial score (nSPS) is 12.0. The fraction of sp³-hybridized carbons (Fsp3) is 0.182. The summed E-state index contributed by atoms with van der Waals surface area (Å²) in [5.74, 6) is -0.268. The summed E-state index contributed by atoms with van der Waals surface area (Å²) in [6, 6.07) is 17.9. The molecule has 0 atom stereocenters. The molecule has 0 saturated carbocycles. The minimum atomic E-state index is -0.416. The predicted molar refractivity (Wildman–Crippen MR) is 114 cm³/mol. The molecule has 0 aliphatic heterocycles. The first-order valence-corrected chi connectivity index (χ1v) is 10.8. The molecule has 1 aromatic heterocycles. The van der Waals surface area contributed by atoms with Crippen molar-refractivity contribution < 1.29 is 14.3 Å². The van der Waals surface area contributed by atoms with Gasteiger partial charge in [-0.3, -0.25) is 4.79 Å². The molecule has 1 heterocycles. The van der Waals surface area contributed by atoms with Crippen LogP contribution in [0.15, 0.2) is 59.5 Å². The quantitative estimate of drug-likeness (QED) is 0.474. The molecule has 28 heavy (non-hydrogen) atoms. The number of esters is 1. The van der Waals surface area contributed by atoms with Crippen molar-refractivity contribution in [2.45, 2.75) is 17.7 Å². The van der Waals surface area contributed by atoms with Crippen LogP contribution >= 0.6 is 23.1 Å². The van der Waals surface area contributed by atoms with Gasteiger partial charge in [0.1, 0.15) is 10.6 Å². The highest BCUT2D eigenvalue weighted by molar-refractivity contribution is 8.00. The number of carbonyl (C=O) groups excluding carboxylic acids is 2. The van der Waals surface area contributed by atoms with Crippen molar-refractivity contribution in [3.8, 4) is 11.1 Å². The van der Waals surface area contributed by atoms with Gasteiger partial charge < -0.3 is 10.1 Å². The maximum Gasteiger partial charge on any atom is 0.341 e. The Balaban J connectivity index is 1.62. The molecule has 4 rings (SSSR count). The van der Waals surface area contributed by atoms with Crippen LogP contribution < -0.4 is 5.32 Å². The van der Waals surface area contributed by atoms with Crippen LogP contribution in [0.3, 0.4) is 0 Å². The number of hydrogen-bond acceptors (Lipinski definition) is 5. The molecule has 0 bridgehead atoms. The summed E-state index contributed by atoms with van der Waals surface area (Å²) in [6.45, 7) is 0. The van der Waals surface area contributed by atoms with Gasteiger partial charge in [-0.05, 0) is 36.1 Å². The molecule has 0 fully saturated rings. The molecule has 6 heteroatoms. The fourth-order valence-corrected chi connectivity index (χ4v) is 5.32. The van der Waals surface area contributed by atoms with Crippen LogP contribution in [0.2, 0.25) is 0 Å². The van der Waals surface area contributed by atoms with Gasteiger partial charge in [0.15, 0.2) is 0 Å². The molecule has 1 aliphatic rings. The van der Waals surface area contributed by atoms with Crippen LogP contribution in [0, 0.1) is 0 Å². The van der Waals surface area contributed by atoms with Crippen molar-refractivity contribution in [3.05, 3.63) is 70.6 Å². The third-order valence-corrected chi connectivity index (χ3v) is 6.82. The van der Waals surface area contributed by atoms with Crippen molar-refractivity contribution >= 4 is 40.0 Å². The van der Waals surface area contributed by atoms with E-state index in [-0.39, 0.29) is 11.7 Å². The number of thioether (sulfide) groups is 1. The summed E-state index contributed by atoms with van der Waals surface area (Å²) in [4.78, 5) is 27.2. The molecule has 0 saturated heterocycles. The SMILES string of the molecule is COC(=O)c1c(NC(=O)CSc2ccccc2)sc2c1-c1ccccc1CC2. The summed E-state index contributed by atoms with van der Waals surface area (Å²) in [7, 11) is 1.37. The molecule has 0 radical (unpaired) electrons. The first-order valence-electron chi connectivity index (χ1n) is 8.97. The first-order chi connectivity index (χ1) is 13.7. The van der Waals surface area contributed by atoms with E-state index in [0.29, 0.717) is 10.6 Å². The average Bonchev–Trinajstić information content (AvgIpc) is 3.10. The Morgan fingerprint density at radius 2 is 1.82 bits per heavy atom. The Labute approximate surface area is 171 Å². The summed E-state index contributed by atoms with van der Waals surface area (Å²) in [5.41, 5.74) is 3.65. The van der Waals surface area contributed by atoms with Crippen LogP contribution in [0.1, 0.15) is 20.8 Å². The fourth-order valence-electron chi connectivity index (χ4n) is 3.38. The highest BCUT2D eigenvalue weighted by atomic mass is 32.2. The molecule has 1 aliphatic carbocycles. The number of rotatable bonds is 5. The zero-order valence-corrected chi connectivity index (χ0v) is 17.0. The summed E-state index contributed by atoms with van der Waals surface area (Å²) < 4.78 is 5.04. The lowest BCUT2D eigenvalue weighted by atomic mass is 9.88. The number of benzene rings is 2. The third kappa shape index (κ3) is 3.70. The number of hydrogen-bond donors (Lipinski definition) is 1. The van der Waals surface area contributed by atoms with E-state index in [1.165, 1.54) is 35.8 Å². The largest absolute Gasteiger partial charge is 0.465 e. The number of aryl methyl sites for hydroxylation is 2. The van der Waals surface area contributed by atoms with Crippen LogP contribution in [0.4, 0.5) is 5.00 Å². The van der Waals surface area contributed by atoms with Gasteiger partial charge in [0.05, 0.1) is 12.9 Å². The van der Waals surface area contributed by atoms with Gasteiger partial charge in [0.25, 0.3) is 0 Å². The monoisotopic (exact) mass is 409 g/mol. The Hall–Kier alpha value is -2.57. The molecular formula is C22H19NO3S2. The van der Waals surface area contributed by atoms with E-state index in [1.807, 2.05) is 48.5 Å². The zero-order chi connectivity index (χ0) is 19.5. The van der Waals surface area contributed by atoms with Crippen molar-refractivity contribution in [2.24, 2.45) is 0 Å². The van der Waals surface area contributed by atoms with Crippen LogP contribution in [-0.2, 0) is 22.4 Å². The molecule has 142 valence electrons. The Bertz CT molecular complexity index is 1030. The molecule has 0 unspecified atom stereocenters. The Kier molecular flexibility index (Phi) is 5.50. The van der Waals surface area contributed by atoms with Crippen molar-refractivity contribution in [2.75, 3.05) is 18.2 Å². The lowest BCUT2D eigenvalue weighted by Crippen LogP contribution is -2.16. The molecular weight excluding hydrogens is 390 g/mol. The number of nitrogens with one attached hydrogen (secondary N) is 1. The third-order valence-electron chi connectivity index (χ3n) is 4.64. The van der Waals surface area contributed by atoms with E-state index in [0.717, 1.165) is 33.7 Å². The maximum absolute atomic E-state index is 12.6. The number of ether oxygens (including phenoxy) is 1. The van der Waals surface area contributed by atoms with Gasteiger partial charge >= 0.3 is 5.97 Å². The lowest BCUT2D eigenvalue weighted by Gasteiger charge is -2.17. The Morgan fingerprint density at radius 3 is 2.61 bits per heavy atom. The van der Waals surface area contributed by atoms with Crippen molar-refractivity contribution in [1.82, 2.24) is 0 Å². The van der Waals surface area contributed by atoms with E-state index < -0.39 is 5.97 Å². The van der Waals surface area contributed by atoms with Gasteiger partial charge in [0.2, 0.25) is 5.91 Å². The van der Waals surface area contributed by atoms with Gasteiger partial charge in [-0.25, -0.2) is 4.79 Å². The van der Waals surface area contributed by atoms with Gasteiger partial charge in [-0.2, -0.15) is 0 Å². The predicted octanol–water partition coefficient (Wildman–Crippen LogP) is 5.03. The van der Waals surface area contributed by atoms with E-state index in [4.69, 9.17) is 4.74 Å². The smallest absolute Gasteiger partial charge is 0.341 e. The minimum Gasteiger partial charge on any atom is -0.465 e. The lowest BCUT2D eigenvalue weighted by molar-refractivity contribution is -0.113. The summed E-state index contributed by atoms with van der Waals surface area (Å²) in [5, 5.41) is 3.52. The number of methoxy groups -OCH3 is 1. The van der Waals surface area contributed by atoms with Crippen LogP contribution in [0.25, 0.3) is 11.1 Å². The first kappa shape index (κ1) is 18.8. The van der Waals surface area contributed by atoms with Crippen LogP contribution in [-0.4, -0.2) is 24.7 Å². The van der Waals surface area contributed by atoms with Crippen LogP contribution in [0.5, 0.6) is 0 Å². The van der Waals surface area contributed by atoms with Crippen molar-refractivity contribution in [3.63, 3.8) is 0 Å². The second-order valence-corrected chi connectivity index (χ2v) is 8.56. The topological polar surface area (TPSA) is 55.4 Å². The molecule has 3 aromatic rings.